The number of carbonyl (C=O) groups excluding carboxylic acids is 1. The van der Waals surface area contributed by atoms with Crippen LogP contribution in [-0.4, -0.2) is 18.0 Å². The maximum absolute atomic E-state index is 11.8. The first kappa shape index (κ1) is 13.7. The number of rotatable bonds is 3. The minimum atomic E-state index is -0.404. The third kappa shape index (κ3) is 4.63. The van der Waals surface area contributed by atoms with E-state index in [0.717, 1.165) is 8.95 Å². The standard InChI is InChI=1S/C11H14Br2N2O/c1-11(2,14)6-15-10(16)7-3-8(12)5-9(13)4-7/h3-5H,6,14H2,1-2H3,(H,15,16). The fourth-order valence-electron chi connectivity index (χ4n) is 1.10. The number of amides is 1. The molecular weight excluding hydrogens is 336 g/mol. The van der Waals surface area contributed by atoms with E-state index >= 15 is 0 Å². The Hall–Kier alpha value is -0.390. The molecule has 16 heavy (non-hydrogen) atoms. The van der Waals surface area contributed by atoms with Gasteiger partial charge in [0.1, 0.15) is 0 Å². The van der Waals surface area contributed by atoms with Gasteiger partial charge < -0.3 is 11.1 Å². The van der Waals surface area contributed by atoms with Crippen LogP contribution < -0.4 is 11.1 Å². The van der Waals surface area contributed by atoms with E-state index in [2.05, 4.69) is 37.2 Å². The van der Waals surface area contributed by atoms with E-state index < -0.39 is 5.54 Å². The van der Waals surface area contributed by atoms with Gasteiger partial charge in [-0.3, -0.25) is 4.79 Å². The van der Waals surface area contributed by atoms with Gasteiger partial charge in [0.25, 0.3) is 5.91 Å². The molecule has 5 heteroatoms. The van der Waals surface area contributed by atoms with Gasteiger partial charge in [0.15, 0.2) is 0 Å². The zero-order chi connectivity index (χ0) is 12.3. The van der Waals surface area contributed by atoms with Crippen molar-refractivity contribution in [3.63, 3.8) is 0 Å². The van der Waals surface area contributed by atoms with E-state index in [1.165, 1.54) is 0 Å². The predicted octanol–water partition coefficient (Wildman–Crippen LogP) is 2.68. The fourth-order valence-corrected chi connectivity index (χ4v) is 2.39. The lowest BCUT2D eigenvalue weighted by Crippen LogP contribution is -2.45. The Labute approximate surface area is 112 Å². The number of benzene rings is 1. The fraction of sp³-hybridized carbons (Fsp3) is 0.364. The molecule has 0 heterocycles. The molecule has 0 aromatic heterocycles. The van der Waals surface area contributed by atoms with Crippen LogP contribution in [0.1, 0.15) is 24.2 Å². The van der Waals surface area contributed by atoms with E-state index in [9.17, 15) is 4.79 Å². The molecular formula is C11H14Br2N2O. The number of nitrogens with one attached hydrogen (secondary N) is 1. The number of carbonyl (C=O) groups is 1. The Morgan fingerprint density at radius 2 is 1.81 bits per heavy atom. The van der Waals surface area contributed by atoms with E-state index in [-0.39, 0.29) is 5.91 Å². The highest BCUT2D eigenvalue weighted by Gasteiger charge is 2.13. The quantitative estimate of drug-likeness (QED) is 0.881. The molecule has 0 radical (unpaired) electrons. The zero-order valence-electron chi connectivity index (χ0n) is 9.18. The van der Waals surface area contributed by atoms with Gasteiger partial charge in [0.2, 0.25) is 0 Å². The van der Waals surface area contributed by atoms with Gasteiger partial charge in [0.05, 0.1) is 0 Å². The third-order valence-electron chi connectivity index (χ3n) is 1.83. The van der Waals surface area contributed by atoms with Crippen LogP contribution in [0.2, 0.25) is 0 Å². The Kier molecular flexibility index (Phi) is 4.52. The van der Waals surface area contributed by atoms with Crippen molar-refractivity contribution in [2.24, 2.45) is 5.73 Å². The molecule has 1 aromatic carbocycles. The van der Waals surface area contributed by atoms with Gasteiger partial charge in [-0.25, -0.2) is 0 Å². The summed E-state index contributed by atoms with van der Waals surface area (Å²) in [6.07, 6.45) is 0. The molecule has 1 amide bonds. The molecule has 1 rings (SSSR count). The largest absolute Gasteiger partial charge is 0.350 e. The molecule has 0 fully saturated rings. The second-order valence-corrected chi connectivity index (χ2v) is 6.16. The minimum absolute atomic E-state index is 0.125. The summed E-state index contributed by atoms with van der Waals surface area (Å²) in [4.78, 5) is 11.8. The second kappa shape index (κ2) is 5.29. The lowest BCUT2D eigenvalue weighted by Gasteiger charge is -2.18. The number of halogens is 2. The maximum atomic E-state index is 11.8. The van der Waals surface area contributed by atoms with E-state index in [0.29, 0.717) is 12.1 Å². The summed E-state index contributed by atoms with van der Waals surface area (Å²) in [5.41, 5.74) is 5.99. The average Bonchev–Trinajstić information content (AvgIpc) is 2.11. The van der Waals surface area contributed by atoms with Gasteiger partial charge in [-0.1, -0.05) is 31.9 Å². The molecule has 1 aromatic rings. The summed E-state index contributed by atoms with van der Waals surface area (Å²) in [6, 6.07) is 5.41. The van der Waals surface area contributed by atoms with Crippen molar-refractivity contribution < 1.29 is 4.79 Å². The van der Waals surface area contributed by atoms with Crippen molar-refractivity contribution in [1.29, 1.82) is 0 Å². The summed E-state index contributed by atoms with van der Waals surface area (Å²) in [5.74, 6) is -0.125. The highest BCUT2D eigenvalue weighted by atomic mass is 79.9. The highest BCUT2D eigenvalue weighted by molar-refractivity contribution is 9.11. The average molecular weight is 350 g/mol. The molecule has 0 aliphatic rings. The van der Waals surface area contributed by atoms with Crippen molar-refractivity contribution in [2.75, 3.05) is 6.54 Å². The van der Waals surface area contributed by atoms with Crippen LogP contribution in [0.4, 0.5) is 0 Å². The Balaban J connectivity index is 2.73. The van der Waals surface area contributed by atoms with E-state index in [4.69, 9.17) is 5.73 Å². The molecule has 0 bridgehead atoms. The summed E-state index contributed by atoms with van der Waals surface area (Å²) in [6.45, 7) is 4.17. The molecule has 3 N–H and O–H groups in total. The molecule has 88 valence electrons. The lowest BCUT2D eigenvalue weighted by molar-refractivity contribution is 0.0946. The number of hydrogen-bond donors (Lipinski definition) is 2. The molecule has 0 spiro atoms. The molecule has 0 saturated carbocycles. The topological polar surface area (TPSA) is 55.1 Å². The van der Waals surface area contributed by atoms with Crippen molar-refractivity contribution in [3.05, 3.63) is 32.7 Å². The summed E-state index contributed by atoms with van der Waals surface area (Å²) >= 11 is 6.67. The Morgan fingerprint density at radius 1 is 1.31 bits per heavy atom. The van der Waals surface area contributed by atoms with E-state index in [1.807, 2.05) is 19.9 Å². The smallest absolute Gasteiger partial charge is 0.251 e. The summed E-state index contributed by atoms with van der Waals surface area (Å²) < 4.78 is 1.72. The summed E-state index contributed by atoms with van der Waals surface area (Å²) in [5, 5.41) is 2.79. The first-order valence-corrected chi connectivity index (χ1v) is 6.40. The minimum Gasteiger partial charge on any atom is -0.350 e. The van der Waals surface area contributed by atoms with Crippen LogP contribution in [0.5, 0.6) is 0 Å². The van der Waals surface area contributed by atoms with Crippen molar-refractivity contribution >= 4 is 37.8 Å². The molecule has 0 aliphatic carbocycles. The molecule has 3 nitrogen and oxygen atoms in total. The van der Waals surface area contributed by atoms with Crippen LogP contribution in [0.3, 0.4) is 0 Å². The SMILES string of the molecule is CC(C)(N)CNC(=O)c1cc(Br)cc(Br)c1. The normalized spacial score (nSPS) is 11.3. The Morgan fingerprint density at radius 3 is 2.25 bits per heavy atom. The lowest BCUT2D eigenvalue weighted by atomic mass is 10.1. The first-order valence-electron chi connectivity index (χ1n) is 4.81. The van der Waals surface area contributed by atoms with Gasteiger partial charge >= 0.3 is 0 Å². The monoisotopic (exact) mass is 348 g/mol. The molecule has 0 atom stereocenters. The van der Waals surface area contributed by atoms with Crippen molar-refractivity contribution in [2.45, 2.75) is 19.4 Å². The zero-order valence-corrected chi connectivity index (χ0v) is 12.4. The predicted molar refractivity (Wildman–Crippen MR) is 72.4 cm³/mol. The van der Waals surface area contributed by atoms with Crippen molar-refractivity contribution in [1.82, 2.24) is 5.32 Å². The van der Waals surface area contributed by atoms with Crippen LogP contribution in [0.15, 0.2) is 27.1 Å². The van der Waals surface area contributed by atoms with Gasteiger partial charge in [-0.05, 0) is 32.0 Å². The van der Waals surface area contributed by atoms with Crippen LogP contribution in [0.25, 0.3) is 0 Å². The van der Waals surface area contributed by atoms with Gasteiger partial charge in [-0.15, -0.1) is 0 Å². The Bertz CT molecular complexity index is 379. The van der Waals surface area contributed by atoms with E-state index in [1.54, 1.807) is 12.1 Å². The third-order valence-corrected chi connectivity index (χ3v) is 2.74. The van der Waals surface area contributed by atoms with Crippen LogP contribution in [-0.2, 0) is 0 Å². The molecule has 0 aliphatic heterocycles. The van der Waals surface area contributed by atoms with Crippen LogP contribution in [0, 0.1) is 0 Å². The van der Waals surface area contributed by atoms with Crippen LogP contribution >= 0.6 is 31.9 Å². The first-order chi connectivity index (χ1) is 7.28. The second-order valence-electron chi connectivity index (χ2n) is 4.33. The van der Waals surface area contributed by atoms with Gasteiger partial charge in [0, 0.05) is 26.6 Å². The molecule has 0 saturated heterocycles. The van der Waals surface area contributed by atoms with Crippen molar-refractivity contribution in [3.8, 4) is 0 Å². The molecule has 0 unspecified atom stereocenters. The van der Waals surface area contributed by atoms with Gasteiger partial charge in [-0.2, -0.15) is 0 Å². The maximum Gasteiger partial charge on any atom is 0.251 e. The number of nitrogens with two attached hydrogens (primary N) is 1. The highest BCUT2D eigenvalue weighted by Crippen LogP contribution is 2.20. The summed E-state index contributed by atoms with van der Waals surface area (Å²) in [7, 11) is 0. The number of hydrogen-bond acceptors (Lipinski definition) is 2.